The summed E-state index contributed by atoms with van der Waals surface area (Å²) in [6, 6.07) is 7.19. The van der Waals surface area contributed by atoms with Crippen LogP contribution >= 0.6 is 0 Å². The van der Waals surface area contributed by atoms with Crippen molar-refractivity contribution in [1.29, 1.82) is 0 Å². The highest BCUT2D eigenvalue weighted by atomic mass is 16.4. The Bertz CT molecular complexity index is 856. The van der Waals surface area contributed by atoms with Gasteiger partial charge in [-0.05, 0) is 37.3 Å². The Labute approximate surface area is 165 Å². The van der Waals surface area contributed by atoms with Gasteiger partial charge in [0.15, 0.2) is 0 Å². The molecule has 28 heavy (non-hydrogen) atoms. The van der Waals surface area contributed by atoms with Crippen molar-refractivity contribution >= 4 is 28.8 Å². The number of carbonyl (C=O) groups is 3. The molecule has 3 N–H and O–H groups in total. The Morgan fingerprint density at radius 3 is 2.43 bits per heavy atom. The zero-order valence-corrected chi connectivity index (χ0v) is 16.9. The average Bonchev–Trinajstić information content (AvgIpc) is 2.98. The molecule has 0 aliphatic heterocycles. The number of hydrogen-bond acceptors (Lipinski definition) is 3. The molecule has 0 aliphatic rings. The van der Waals surface area contributed by atoms with Crippen molar-refractivity contribution in [2.45, 2.75) is 46.1 Å². The number of aliphatic carboxylic acids is 1. The Balaban J connectivity index is 2.16. The number of rotatable bonds is 8. The van der Waals surface area contributed by atoms with Crippen LogP contribution in [0.4, 0.5) is 4.79 Å². The monoisotopic (exact) mass is 387 g/mol. The van der Waals surface area contributed by atoms with E-state index in [1.54, 1.807) is 17.8 Å². The van der Waals surface area contributed by atoms with Gasteiger partial charge in [-0.1, -0.05) is 32.0 Å². The SMILES string of the molecule is CNC(=O)n1cc(C[C@@H](C)NC(=O)C(CC(=O)O)CC(C)C)c2ccccc21. The van der Waals surface area contributed by atoms with Gasteiger partial charge in [0.2, 0.25) is 5.91 Å². The smallest absolute Gasteiger partial charge is 0.325 e. The summed E-state index contributed by atoms with van der Waals surface area (Å²) >= 11 is 0. The highest BCUT2D eigenvalue weighted by Gasteiger charge is 2.24. The van der Waals surface area contributed by atoms with E-state index in [4.69, 9.17) is 5.11 Å². The molecule has 2 aromatic rings. The first-order valence-electron chi connectivity index (χ1n) is 9.56. The van der Waals surface area contributed by atoms with Crippen molar-refractivity contribution in [2.75, 3.05) is 7.05 Å². The molecule has 1 unspecified atom stereocenters. The molecule has 1 aromatic heterocycles. The van der Waals surface area contributed by atoms with Gasteiger partial charge in [0.25, 0.3) is 0 Å². The normalized spacial score (nSPS) is 13.3. The van der Waals surface area contributed by atoms with Gasteiger partial charge in [-0.3, -0.25) is 14.2 Å². The van der Waals surface area contributed by atoms with Crippen LogP contribution in [0, 0.1) is 11.8 Å². The highest BCUT2D eigenvalue weighted by molar-refractivity contribution is 5.93. The lowest BCUT2D eigenvalue weighted by atomic mass is 9.93. The van der Waals surface area contributed by atoms with Crippen molar-refractivity contribution in [3.05, 3.63) is 36.0 Å². The molecule has 0 aliphatic carbocycles. The number of benzene rings is 1. The molecule has 0 saturated heterocycles. The predicted molar refractivity (Wildman–Crippen MR) is 108 cm³/mol. The third kappa shape index (κ3) is 5.34. The fourth-order valence-corrected chi connectivity index (χ4v) is 3.51. The van der Waals surface area contributed by atoms with Gasteiger partial charge in [0, 0.05) is 30.6 Å². The van der Waals surface area contributed by atoms with Gasteiger partial charge < -0.3 is 15.7 Å². The number of amides is 2. The number of nitrogens with zero attached hydrogens (tertiary/aromatic N) is 1. The maximum Gasteiger partial charge on any atom is 0.325 e. The summed E-state index contributed by atoms with van der Waals surface area (Å²) in [5.74, 6) is -1.52. The zero-order valence-electron chi connectivity index (χ0n) is 16.9. The second-order valence-electron chi connectivity index (χ2n) is 7.63. The third-order valence-corrected chi connectivity index (χ3v) is 4.69. The molecule has 2 amide bonds. The Hall–Kier alpha value is -2.83. The Morgan fingerprint density at radius 1 is 1.14 bits per heavy atom. The molecule has 0 saturated carbocycles. The number of carboxylic acid groups (broad SMARTS) is 1. The van der Waals surface area contributed by atoms with Gasteiger partial charge in [-0.15, -0.1) is 0 Å². The van der Waals surface area contributed by atoms with Gasteiger partial charge in [-0.25, -0.2) is 4.79 Å². The minimum absolute atomic E-state index is 0.174. The van der Waals surface area contributed by atoms with E-state index in [0.29, 0.717) is 12.8 Å². The van der Waals surface area contributed by atoms with Crippen LogP contribution in [0.5, 0.6) is 0 Å². The maximum atomic E-state index is 12.6. The topological polar surface area (TPSA) is 100 Å². The molecule has 0 bridgehead atoms. The summed E-state index contributed by atoms with van der Waals surface area (Å²) in [6.07, 6.45) is 2.68. The molecular formula is C21H29N3O4. The summed E-state index contributed by atoms with van der Waals surface area (Å²) < 4.78 is 1.56. The second kappa shape index (κ2) is 9.39. The minimum Gasteiger partial charge on any atom is -0.481 e. The van der Waals surface area contributed by atoms with E-state index in [-0.39, 0.29) is 30.3 Å². The standard InChI is InChI=1S/C21H29N3O4/c1-13(2)9-15(11-19(25)26)20(27)23-14(3)10-16-12-24(21(28)22-4)18-8-6-5-7-17(16)18/h5-8,12-15H,9-11H2,1-4H3,(H,22,28)(H,23,27)(H,25,26)/t14-,15?/m1/s1. The van der Waals surface area contributed by atoms with Crippen molar-refractivity contribution < 1.29 is 19.5 Å². The highest BCUT2D eigenvalue weighted by Crippen LogP contribution is 2.23. The van der Waals surface area contributed by atoms with E-state index in [2.05, 4.69) is 10.6 Å². The van der Waals surface area contributed by atoms with E-state index in [1.165, 1.54) is 0 Å². The lowest BCUT2D eigenvalue weighted by Crippen LogP contribution is -2.39. The lowest BCUT2D eigenvalue weighted by Gasteiger charge is -2.20. The van der Waals surface area contributed by atoms with Crippen molar-refractivity contribution in [1.82, 2.24) is 15.2 Å². The number of hydrogen-bond donors (Lipinski definition) is 3. The minimum atomic E-state index is -0.970. The number of carbonyl (C=O) groups excluding carboxylic acids is 2. The number of carboxylic acids is 1. The molecule has 2 rings (SSSR count). The van der Waals surface area contributed by atoms with Crippen LogP contribution in [0.2, 0.25) is 0 Å². The summed E-state index contributed by atoms with van der Waals surface area (Å²) in [7, 11) is 1.58. The van der Waals surface area contributed by atoms with Crippen molar-refractivity contribution in [3.8, 4) is 0 Å². The molecule has 1 aromatic carbocycles. The molecule has 0 fully saturated rings. The molecular weight excluding hydrogens is 358 g/mol. The van der Waals surface area contributed by atoms with E-state index in [9.17, 15) is 14.4 Å². The third-order valence-electron chi connectivity index (χ3n) is 4.69. The largest absolute Gasteiger partial charge is 0.481 e. The van der Waals surface area contributed by atoms with Crippen LogP contribution in [-0.2, 0) is 16.0 Å². The van der Waals surface area contributed by atoms with Crippen LogP contribution in [-0.4, -0.2) is 40.7 Å². The summed E-state index contributed by atoms with van der Waals surface area (Å²) in [4.78, 5) is 35.8. The predicted octanol–water partition coefficient (Wildman–Crippen LogP) is 3.01. The second-order valence-corrected chi connectivity index (χ2v) is 7.63. The summed E-state index contributed by atoms with van der Waals surface area (Å²) in [6.45, 7) is 5.83. The van der Waals surface area contributed by atoms with Gasteiger partial charge in [0.05, 0.1) is 11.9 Å². The number of nitrogens with one attached hydrogen (secondary N) is 2. The molecule has 7 heteroatoms. The van der Waals surface area contributed by atoms with Crippen LogP contribution in [0.15, 0.2) is 30.5 Å². The van der Waals surface area contributed by atoms with Gasteiger partial charge in [0.1, 0.15) is 0 Å². The molecule has 152 valence electrons. The molecule has 0 spiro atoms. The molecule has 1 heterocycles. The molecule has 7 nitrogen and oxygen atoms in total. The fourth-order valence-electron chi connectivity index (χ4n) is 3.51. The summed E-state index contributed by atoms with van der Waals surface area (Å²) in [5, 5.41) is 15.6. The maximum absolute atomic E-state index is 12.6. The van der Waals surface area contributed by atoms with E-state index >= 15 is 0 Å². The van der Waals surface area contributed by atoms with Crippen LogP contribution in [0.25, 0.3) is 10.9 Å². The Kier molecular flexibility index (Phi) is 7.20. The molecule has 0 radical (unpaired) electrons. The molecule has 2 atom stereocenters. The Morgan fingerprint density at radius 2 is 1.82 bits per heavy atom. The fraction of sp³-hybridized carbons (Fsp3) is 0.476. The van der Waals surface area contributed by atoms with E-state index in [0.717, 1.165) is 16.5 Å². The number of fused-ring (bicyclic) bond motifs is 1. The van der Waals surface area contributed by atoms with E-state index in [1.807, 2.05) is 45.0 Å². The number of aromatic nitrogens is 1. The van der Waals surface area contributed by atoms with Crippen molar-refractivity contribution in [2.24, 2.45) is 11.8 Å². The van der Waals surface area contributed by atoms with Crippen LogP contribution < -0.4 is 10.6 Å². The van der Waals surface area contributed by atoms with Crippen LogP contribution in [0.3, 0.4) is 0 Å². The average molecular weight is 387 g/mol. The zero-order chi connectivity index (χ0) is 20.8. The first-order chi connectivity index (χ1) is 13.2. The summed E-state index contributed by atoms with van der Waals surface area (Å²) in [5.41, 5.74) is 1.75. The first kappa shape index (κ1) is 21.5. The number of para-hydroxylation sites is 1. The first-order valence-corrected chi connectivity index (χ1v) is 9.56. The van der Waals surface area contributed by atoms with Crippen LogP contribution in [0.1, 0.15) is 39.2 Å². The van der Waals surface area contributed by atoms with Crippen molar-refractivity contribution in [3.63, 3.8) is 0 Å². The van der Waals surface area contributed by atoms with Gasteiger partial charge in [-0.2, -0.15) is 0 Å². The quantitative estimate of drug-likeness (QED) is 0.648. The van der Waals surface area contributed by atoms with Gasteiger partial charge >= 0.3 is 12.0 Å². The lowest BCUT2D eigenvalue weighted by molar-refractivity contribution is -0.141. The van der Waals surface area contributed by atoms with E-state index < -0.39 is 11.9 Å².